The number of ether oxygens (including phenoxy) is 1. The molecule has 1 spiro atoms. The topological polar surface area (TPSA) is 52.3 Å². The third-order valence-corrected chi connectivity index (χ3v) is 5.63. The molecule has 0 aromatic carbocycles. The maximum Gasteiger partial charge on any atom is 0.140 e. The highest BCUT2D eigenvalue weighted by Gasteiger charge is 2.43. The van der Waals surface area contributed by atoms with Gasteiger partial charge in [-0.3, -0.25) is 4.79 Å². The van der Waals surface area contributed by atoms with Crippen molar-refractivity contribution in [1.82, 2.24) is 0 Å². The Morgan fingerprint density at radius 3 is 2.89 bits per heavy atom. The molecular weight excluding hydrogens is 258 g/mol. The summed E-state index contributed by atoms with van der Waals surface area (Å²) in [7, 11) is 0. The Kier molecular flexibility index (Phi) is 5.32. The zero-order valence-corrected chi connectivity index (χ0v) is 13.0. The third kappa shape index (κ3) is 3.73. The van der Waals surface area contributed by atoms with E-state index in [1.165, 1.54) is 5.75 Å². The number of thioether (sulfide) groups is 1. The van der Waals surface area contributed by atoms with E-state index in [4.69, 9.17) is 10.5 Å². The normalized spacial score (nSPS) is 32.9. The second-order valence-corrected chi connectivity index (χ2v) is 7.59. The zero-order valence-electron chi connectivity index (χ0n) is 12.2. The van der Waals surface area contributed by atoms with Gasteiger partial charge in [0, 0.05) is 30.7 Å². The van der Waals surface area contributed by atoms with E-state index < -0.39 is 0 Å². The van der Waals surface area contributed by atoms with Crippen molar-refractivity contribution in [1.29, 1.82) is 0 Å². The van der Waals surface area contributed by atoms with Crippen LogP contribution in [0.4, 0.5) is 0 Å². The summed E-state index contributed by atoms with van der Waals surface area (Å²) >= 11 is 1.96. The molecule has 2 fully saturated rings. The van der Waals surface area contributed by atoms with Crippen LogP contribution in [0.2, 0.25) is 0 Å². The maximum atomic E-state index is 12.7. The van der Waals surface area contributed by atoms with Gasteiger partial charge in [0.05, 0.1) is 5.60 Å². The predicted molar refractivity (Wildman–Crippen MR) is 80.4 cm³/mol. The fourth-order valence-corrected chi connectivity index (χ4v) is 4.74. The molecule has 2 heterocycles. The molecule has 2 aliphatic rings. The molecule has 3 nitrogen and oxygen atoms in total. The van der Waals surface area contributed by atoms with Crippen molar-refractivity contribution < 1.29 is 9.53 Å². The predicted octanol–water partition coefficient (Wildman–Crippen LogP) is 2.48. The minimum absolute atomic E-state index is 0.000221. The highest BCUT2D eigenvalue weighted by molar-refractivity contribution is 7.99. The quantitative estimate of drug-likeness (QED) is 0.843. The lowest BCUT2D eigenvalue weighted by molar-refractivity contribution is -0.138. The van der Waals surface area contributed by atoms with Crippen molar-refractivity contribution in [2.45, 2.75) is 45.1 Å². The molecule has 0 saturated carbocycles. The summed E-state index contributed by atoms with van der Waals surface area (Å²) in [6.07, 6.45) is 3.85. The fourth-order valence-electron chi connectivity index (χ4n) is 3.36. The molecule has 3 atom stereocenters. The van der Waals surface area contributed by atoms with E-state index in [0.29, 0.717) is 18.2 Å². The Morgan fingerprint density at radius 2 is 2.32 bits per heavy atom. The average molecular weight is 285 g/mol. The molecule has 4 heteroatoms. The second-order valence-electron chi connectivity index (χ2n) is 6.49. The Hall–Kier alpha value is -0.0600. The molecule has 0 aliphatic carbocycles. The number of rotatable bonds is 5. The van der Waals surface area contributed by atoms with Gasteiger partial charge in [-0.05, 0) is 37.4 Å². The summed E-state index contributed by atoms with van der Waals surface area (Å²) in [5, 5.41) is 0. The summed E-state index contributed by atoms with van der Waals surface area (Å²) in [5.41, 5.74) is 5.82. The zero-order chi connectivity index (χ0) is 13.9. The van der Waals surface area contributed by atoms with Gasteiger partial charge in [-0.25, -0.2) is 0 Å². The van der Waals surface area contributed by atoms with Crippen LogP contribution >= 0.6 is 11.8 Å². The van der Waals surface area contributed by atoms with Gasteiger partial charge in [0.1, 0.15) is 5.78 Å². The van der Waals surface area contributed by atoms with E-state index in [-0.39, 0.29) is 17.4 Å². The third-order valence-electron chi connectivity index (χ3n) is 4.41. The smallest absolute Gasteiger partial charge is 0.140 e. The number of hydrogen-bond donors (Lipinski definition) is 1. The molecule has 2 saturated heterocycles. The molecule has 3 unspecified atom stereocenters. The fraction of sp³-hybridized carbons (Fsp3) is 0.933. The van der Waals surface area contributed by atoms with Crippen molar-refractivity contribution in [3.63, 3.8) is 0 Å². The molecular formula is C15H27NO2S. The van der Waals surface area contributed by atoms with E-state index in [0.717, 1.165) is 38.0 Å². The van der Waals surface area contributed by atoms with Crippen LogP contribution in [-0.2, 0) is 9.53 Å². The van der Waals surface area contributed by atoms with Crippen molar-refractivity contribution in [3.8, 4) is 0 Å². The Labute approximate surface area is 121 Å². The largest absolute Gasteiger partial charge is 0.374 e. The van der Waals surface area contributed by atoms with Crippen LogP contribution in [-0.4, -0.2) is 36.0 Å². The van der Waals surface area contributed by atoms with Gasteiger partial charge in [-0.2, -0.15) is 11.8 Å². The first-order valence-electron chi connectivity index (χ1n) is 7.52. The van der Waals surface area contributed by atoms with Crippen LogP contribution in [0.15, 0.2) is 0 Å². The van der Waals surface area contributed by atoms with E-state index in [9.17, 15) is 4.79 Å². The van der Waals surface area contributed by atoms with E-state index in [2.05, 4.69) is 13.8 Å². The molecule has 19 heavy (non-hydrogen) atoms. The van der Waals surface area contributed by atoms with E-state index in [1.54, 1.807) is 0 Å². The first-order chi connectivity index (χ1) is 9.06. The van der Waals surface area contributed by atoms with Crippen LogP contribution < -0.4 is 5.73 Å². The summed E-state index contributed by atoms with van der Waals surface area (Å²) in [5.74, 6) is 3.40. The summed E-state index contributed by atoms with van der Waals surface area (Å²) in [6, 6.07) is 0. The van der Waals surface area contributed by atoms with Gasteiger partial charge < -0.3 is 10.5 Å². The van der Waals surface area contributed by atoms with Gasteiger partial charge in [0.2, 0.25) is 0 Å². The van der Waals surface area contributed by atoms with Crippen molar-refractivity contribution in [2.24, 2.45) is 23.5 Å². The molecule has 2 rings (SSSR count). The SMILES string of the molecule is CC(C)CC(CN)C(=O)C1CCOC2(CCSC2)C1. The molecule has 110 valence electrons. The van der Waals surface area contributed by atoms with Crippen molar-refractivity contribution in [2.75, 3.05) is 24.7 Å². The van der Waals surface area contributed by atoms with Crippen LogP contribution in [0.5, 0.6) is 0 Å². The molecule has 0 aromatic rings. The second kappa shape index (κ2) is 6.59. The monoisotopic (exact) mass is 285 g/mol. The van der Waals surface area contributed by atoms with Gasteiger partial charge in [0.25, 0.3) is 0 Å². The molecule has 0 amide bonds. The number of hydrogen-bond acceptors (Lipinski definition) is 4. The number of carbonyl (C=O) groups excluding carboxylic acids is 1. The minimum atomic E-state index is 0.000221. The summed E-state index contributed by atoms with van der Waals surface area (Å²) in [6.45, 7) is 5.57. The van der Waals surface area contributed by atoms with Gasteiger partial charge in [-0.1, -0.05) is 13.8 Å². The Morgan fingerprint density at radius 1 is 1.53 bits per heavy atom. The Bertz CT molecular complexity index is 313. The lowest BCUT2D eigenvalue weighted by atomic mass is 9.78. The van der Waals surface area contributed by atoms with Crippen LogP contribution in [0.3, 0.4) is 0 Å². The molecule has 0 bridgehead atoms. The standard InChI is InChI=1S/C15H27NO2S/c1-11(2)7-13(9-16)14(17)12-3-5-18-15(8-12)4-6-19-10-15/h11-13H,3-10,16H2,1-2H3. The van der Waals surface area contributed by atoms with Crippen LogP contribution in [0, 0.1) is 17.8 Å². The average Bonchev–Trinajstić information content (AvgIpc) is 2.83. The first kappa shape index (κ1) is 15.3. The minimum Gasteiger partial charge on any atom is -0.374 e. The molecule has 0 radical (unpaired) electrons. The lowest BCUT2D eigenvalue weighted by Gasteiger charge is -2.38. The number of nitrogens with two attached hydrogens (primary N) is 1. The van der Waals surface area contributed by atoms with Gasteiger partial charge >= 0.3 is 0 Å². The van der Waals surface area contributed by atoms with Crippen molar-refractivity contribution >= 4 is 17.5 Å². The number of Topliss-reactive ketones (excluding diaryl/α,β-unsaturated/α-hetero) is 1. The van der Waals surface area contributed by atoms with Crippen LogP contribution in [0.1, 0.15) is 39.5 Å². The molecule has 0 aromatic heterocycles. The summed E-state index contributed by atoms with van der Waals surface area (Å²) < 4.78 is 6.00. The van der Waals surface area contributed by atoms with E-state index >= 15 is 0 Å². The van der Waals surface area contributed by atoms with Gasteiger partial charge in [-0.15, -0.1) is 0 Å². The number of carbonyl (C=O) groups is 1. The lowest BCUT2D eigenvalue weighted by Crippen LogP contribution is -2.44. The molecule has 2 aliphatic heterocycles. The summed E-state index contributed by atoms with van der Waals surface area (Å²) in [4.78, 5) is 12.7. The van der Waals surface area contributed by atoms with E-state index in [1.807, 2.05) is 11.8 Å². The highest BCUT2D eigenvalue weighted by Crippen LogP contribution is 2.41. The molecule has 2 N–H and O–H groups in total. The highest BCUT2D eigenvalue weighted by atomic mass is 32.2. The number of ketones is 1. The van der Waals surface area contributed by atoms with Gasteiger partial charge in [0.15, 0.2) is 0 Å². The van der Waals surface area contributed by atoms with Crippen molar-refractivity contribution in [3.05, 3.63) is 0 Å². The maximum absolute atomic E-state index is 12.7. The van der Waals surface area contributed by atoms with Crippen LogP contribution in [0.25, 0.3) is 0 Å². The Balaban J connectivity index is 1.97. The first-order valence-corrected chi connectivity index (χ1v) is 8.67.